The molecular formula is C13H22N4O2. The van der Waals surface area contributed by atoms with Gasteiger partial charge in [0, 0.05) is 19.4 Å². The summed E-state index contributed by atoms with van der Waals surface area (Å²) in [6, 6.07) is 0. The Balaban J connectivity index is 2.14. The third-order valence-corrected chi connectivity index (χ3v) is 3.73. The largest absolute Gasteiger partial charge is 0.343 e. The van der Waals surface area contributed by atoms with Crippen LogP contribution in [0.2, 0.25) is 0 Å². The molecule has 0 aromatic carbocycles. The van der Waals surface area contributed by atoms with E-state index in [0.29, 0.717) is 18.3 Å². The molecule has 6 nitrogen and oxygen atoms in total. The van der Waals surface area contributed by atoms with E-state index in [2.05, 4.69) is 20.8 Å². The van der Waals surface area contributed by atoms with Crippen LogP contribution in [-0.4, -0.2) is 29.6 Å². The molecule has 1 amide bonds. The Morgan fingerprint density at radius 2 is 2.16 bits per heavy atom. The average molecular weight is 266 g/mol. The van der Waals surface area contributed by atoms with Crippen LogP contribution < -0.4 is 10.6 Å². The molecule has 1 aliphatic rings. The Hall–Kier alpha value is -1.43. The van der Waals surface area contributed by atoms with Gasteiger partial charge in [-0.25, -0.2) is 0 Å². The minimum absolute atomic E-state index is 0.0405. The van der Waals surface area contributed by atoms with Crippen LogP contribution in [0, 0.1) is 12.8 Å². The molecule has 0 aliphatic heterocycles. The molecular weight excluding hydrogens is 244 g/mol. The van der Waals surface area contributed by atoms with Crippen LogP contribution >= 0.6 is 0 Å². The number of nitrogens with one attached hydrogen (secondary N) is 2. The van der Waals surface area contributed by atoms with Crippen molar-refractivity contribution in [2.75, 3.05) is 13.6 Å². The van der Waals surface area contributed by atoms with Crippen molar-refractivity contribution in [3.8, 4) is 0 Å². The third-order valence-electron chi connectivity index (χ3n) is 3.73. The van der Waals surface area contributed by atoms with Crippen molar-refractivity contribution in [3.63, 3.8) is 0 Å². The molecule has 1 aromatic heterocycles. The molecule has 1 aliphatic carbocycles. The Labute approximate surface area is 113 Å². The van der Waals surface area contributed by atoms with Crippen molar-refractivity contribution >= 4 is 5.91 Å². The van der Waals surface area contributed by atoms with Crippen molar-refractivity contribution in [3.05, 3.63) is 11.7 Å². The fraction of sp³-hybridized carbons (Fsp3) is 0.769. The van der Waals surface area contributed by atoms with E-state index in [-0.39, 0.29) is 11.8 Å². The van der Waals surface area contributed by atoms with E-state index in [1.165, 1.54) is 0 Å². The maximum atomic E-state index is 12.2. The molecule has 1 fully saturated rings. The first-order valence-corrected chi connectivity index (χ1v) is 6.85. The smallest absolute Gasteiger partial charge is 0.224 e. The van der Waals surface area contributed by atoms with Gasteiger partial charge in [0.15, 0.2) is 5.82 Å². The van der Waals surface area contributed by atoms with E-state index in [1.54, 1.807) is 6.92 Å². The standard InChI is InChI=1S/C13H22N4O2/c1-9(8-14-3)11(18)16-13(6-4-5-7-13)12-15-10(2)19-17-12/h9,14H,4-8H2,1-3H3,(H,16,18). The summed E-state index contributed by atoms with van der Waals surface area (Å²) in [4.78, 5) is 16.6. The number of hydrogen-bond donors (Lipinski definition) is 2. The molecule has 1 heterocycles. The molecule has 19 heavy (non-hydrogen) atoms. The summed E-state index contributed by atoms with van der Waals surface area (Å²) >= 11 is 0. The first kappa shape index (κ1) is 14.0. The first-order valence-electron chi connectivity index (χ1n) is 6.85. The summed E-state index contributed by atoms with van der Waals surface area (Å²) in [6.07, 6.45) is 3.91. The number of hydrogen-bond acceptors (Lipinski definition) is 5. The zero-order valence-corrected chi connectivity index (χ0v) is 11.8. The molecule has 0 saturated heterocycles. The van der Waals surface area contributed by atoms with E-state index >= 15 is 0 Å². The minimum atomic E-state index is -0.434. The second-order valence-electron chi connectivity index (χ2n) is 5.37. The molecule has 1 unspecified atom stereocenters. The fourth-order valence-corrected chi connectivity index (χ4v) is 2.63. The number of amides is 1. The monoisotopic (exact) mass is 266 g/mol. The van der Waals surface area contributed by atoms with Gasteiger partial charge in [0.25, 0.3) is 0 Å². The van der Waals surface area contributed by atoms with Crippen LogP contribution in [0.5, 0.6) is 0 Å². The van der Waals surface area contributed by atoms with Gasteiger partial charge in [-0.2, -0.15) is 4.98 Å². The van der Waals surface area contributed by atoms with Gasteiger partial charge in [-0.15, -0.1) is 0 Å². The predicted octanol–water partition coefficient (Wildman–Crippen LogP) is 1.12. The van der Waals surface area contributed by atoms with Gasteiger partial charge in [-0.1, -0.05) is 24.9 Å². The molecule has 0 spiro atoms. The molecule has 2 rings (SSSR count). The lowest BCUT2D eigenvalue weighted by atomic mass is 9.95. The van der Waals surface area contributed by atoms with E-state index < -0.39 is 5.54 Å². The van der Waals surface area contributed by atoms with Crippen molar-refractivity contribution < 1.29 is 9.32 Å². The topological polar surface area (TPSA) is 80.0 Å². The van der Waals surface area contributed by atoms with Crippen LogP contribution in [0.15, 0.2) is 4.52 Å². The molecule has 6 heteroatoms. The van der Waals surface area contributed by atoms with Crippen molar-refractivity contribution in [1.29, 1.82) is 0 Å². The summed E-state index contributed by atoms with van der Waals surface area (Å²) in [5.41, 5.74) is -0.434. The number of carbonyl (C=O) groups excluding carboxylic acids is 1. The lowest BCUT2D eigenvalue weighted by Gasteiger charge is -2.28. The molecule has 0 radical (unpaired) electrons. The quantitative estimate of drug-likeness (QED) is 0.834. The zero-order chi connectivity index (χ0) is 13.9. The molecule has 106 valence electrons. The Kier molecular flexibility index (Phi) is 4.19. The van der Waals surface area contributed by atoms with Crippen molar-refractivity contribution in [2.24, 2.45) is 5.92 Å². The number of rotatable bonds is 5. The highest BCUT2D eigenvalue weighted by atomic mass is 16.5. The molecule has 2 N–H and O–H groups in total. The molecule has 1 saturated carbocycles. The maximum absolute atomic E-state index is 12.2. The highest BCUT2D eigenvalue weighted by molar-refractivity contribution is 5.79. The van der Waals surface area contributed by atoms with Gasteiger partial charge in [0.1, 0.15) is 5.54 Å². The first-order chi connectivity index (χ1) is 9.07. The van der Waals surface area contributed by atoms with Crippen molar-refractivity contribution in [2.45, 2.75) is 45.1 Å². The molecule has 1 atom stereocenters. The van der Waals surface area contributed by atoms with E-state index in [9.17, 15) is 4.79 Å². The highest BCUT2D eigenvalue weighted by Crippen LogP contribution is 2.37. The van der Waals surface area contributed by atoms with E-state index in [0.717, 1.165) is 25.7 Å². The molecule has 1 aromatic rings. The summed E-state index contributed by atoms with van der Waals surface area (Å²) in [5.74, 6) is 1.13. The second-order valence-corrected chi connectivity index (χ2v) is 5.37. The lowest BCUT2D eigenvalue weighted by Crippen LogP contribution is -2.48. The predicted molar refractivity (Wildman–Crippen MR) is 70.4 cm³/mol. The Morgan fingerprint density at radius 1 is 1.47 bits per heavy atom. The number of aryl methyl sites for hydroxylation is 1. The van der Waals surface area contributed by atoms with Gasteiger partial charge >= 0.3 is 0 Å². The third kappa shape index (κ3) is 2.94. The summed E-state index contributed by atoms with van der Waals surface area (Å²) in [5, 5.41) is 10.2. The summed E-state index contributed by atoms with van der Waals surface area (Å²) in [7, 11) is 1.84. The Morgan fingerprint density at radius 3 is 2.68 bits per heavy atom. The highest BCUT2D eigenvalue weighted by Gasteiger charge is 2.41. The van der Waals surface area contributed by atoms with E-state index in [1.807, 2.05) is 14.0 Å². The summed E-state index contributed by atoms with van der Waals surface area (Å²) < 4.78 is 5.07. The lowest BCUT2D eigenvalue weighted by molar-refractivity contribution is -0.126. The van der Waals surface area contributed by atoms with Crippen LogP contribution in [0.1, 0.15) is 44.3 Å². The van der Waals surface area contributed by atoms with Gasteiger partial charge < -0.3 is 15.2 Å². The van der Waals surface area contributed by atoms with Gasteiger partial charge in [0.2, 0.25) is 11.8 Å². The number of carbonyl (C=O) groups is 1. The number of aromatic nitrogens is 2. The summed E-state index contributed by atoms with van der Waals surface area (Å²) in [6.45, 7) is 4.34. The number of nitrogens with zero attached hydrogens (tertiary/aromatic N) is 2. The maximum Gasteiger partial charge on any atom is 0.224 e. The zero-order valence-electron chi connectivity index (χ0n) is 11.8. The van der Waals surface area contributed by atoms with Crippen molar-refractivity contribution in [1.82, 2.24) is 20.8 Å². The minimum Gasteiger partial charge on any atom is -0.343 e. The van der Waals surface area contributed by atoms with Crippen LogP contribution in [0.25, 0.3) is 0 Å². The Bertz CT molecular complexity index is 438. The fourth-order valence-electron chi connectivity index (χ4n) is 2.63. The second kappa shape index (κ2) is 5.69. The van der Waals surface area contributed by atoms with Gasteiger partial charge in [-0.05, 0) is 19.9 Å². The van der Waals surface area contributed by atoms with Gasteiger partial charge in [-0.3, -0.25) is 4.79 Å². The van der Waals surface area contributed by atoms with Crippen LogP contribution in [0.3, 0.4) is 0 Å². The van der Waals surface area contributed by atoms with E-state index in [4.69, 9.17) is 4.52 Å². The van der Waals surface area contributed by atoms with Crippen LogP contribution in [-0.2, 0) is 10.3 Å². The SMILES string of the molecule is CNCC(C)C(=O)NC1(c2noc(C)n2)CCCC1. The molecule has 0 bridgehead atoms. The normalized spacial score (nSPS) is 19.3. The van der Waals surface area contributed by atoms with Crippen LogP contribution in [0.4, 0.5) is 0 Å². The average Bonchev–Trinajstić information content (AvgIpc) is 2.99. The van der Waals surface area contributed by atoms with Gasteiger partial charge in [0.05, 0.1) is 0 Å².